The number of hydrogen-bond acceptors (Lipinski definition) is 5. The molecule has 1 aromatic heterocycles. The van der Waals surface area contributed by atoms with E-state index in [4.69, 9.17) is 38.4 Å². The van der Waals surface area contributed by atoms with E-state index >= 15 is 0 Å². The van der Waals surface area contributed by atoms with Crippen LogP contribution in [0, 0.1) is 0 Å². The van der Waals surface area contributed by atoms with E-state index in [0.29, 0.717) is 18.6 Å². The largest absolute Gasteiger partial charge is 0.460 e. The minimum absolute atomic E-state index is 0.0551. The van der Waals surface area contributed by atoms with Gasteiger partial charge in [0.2, 0.25) is 0 Å². The Morgan fingerprint density at radius 2 is 1.95 bits per heavy atom. The lowest BCUT2D eigenvalue weighted by Crippen LogP contribution is -2.33. The Morgan fingerprint density at radius 1 is 1.35 bits per heavy atom. The third-order valence-corrected chi connectivity index (χ3v) is 2.77. The number of carbonyl (C=O) groups is 1. The normalized spacial score (nSPS) is 12.5. The van der Waals surface area contributed by atoms with Gasteiger partial charge in [0.1, 0.15) is 23.0 Å². The minimum Gasteiger partial charge on any atom is -0.460 e. The SMILES string of the molecule is CC(C)OCC[C@H](N)C(=O)OCc1cc(Cl)nc(Cl)c1. The molecule has 7 heteroatoms. The van der Waals surface area contributed by atoms with Gasteiger partial charge < -0.3 is 15.2 Å². The molecule has 1 heterocycles. The predicted molar refractivity (Wildman–Crippen MR) is 77.7 cm³/mol. The molecule has 0 fully saturated rings. The van der Waals surface area contributed by atoms with Crippen LogP contribution in [0.5, 0.6) is 0 Å². The molecular formula is C13H18Cl2N2O3. The zero-order chi connectivity index (χ0) is 15.1. The van der Waals surface area contributed by atoms with Crippen LogP contribution in [0.4, 0.5) is 0 Å². The zero-order valence-electron chi connectivity index (χ0n) is 11.4. The molecule has 1 aromatic rings. The summed E-state index contributed by atoms with van der Waals surface area (Å²) in [5, 5.41) is 0.497. The highest BCUT2D eigenvalue weighted by Crippen LogP contribution is 2.15. The van der Waals surface area contributed by atoms with Gasteiger partial charge in [0.05, 0.1) is 6.10 Å². The molecule has 0 radical (unpaired) electrons. The summed E-state index contributed by atoms with van der Waals surface area (Å²) in [6, 6.07) is 2.45. The quantitative estimate of drug-likeness (QED) is 0.617. The first-order valence-electron chi connectivity index (χ1n) is 6.24. The molecule has 20 heavy (non-hydrogen) atoms. The first-order valence-corrected chi connectivity index (χ1v) is 7.00. The van der Waals surface area contributed by atoms with Crippen molar-refractivity contribution < 1.29 is 14.3 Å². The van der Waals surface area contributed by atoms with Gasteiger partial charge in [-0.05, 0) is 38.0 Å². The van der Waals surface area contributed by atoms with E-state index in [2.05, 4.69) is 4.98 Å². The van der Waals surface area contributed by atoms with Crippen molar-refractivity contribution in [2.45, 2.75) is 39.0 Å². The van der Waals surface area contributed by atoms with Crippen molar-refractivity contribution in [2.24, 2.45) is 5.73 Å². The standard InChI is InChI=1S/C13H18Cl2N2O3/c1-8(2)19-4-3-10(16)13(18)20-7-9-5-11(14)17-12(15)6-9/h5-6,8,10H,3-4,7,16H2,1-2H3/t10-/m0/s1. The van der Waals surface area contributed by atoms with Crippen LogP contribution in [-0.2, 0) is 20.9 Å². The van der Waals surface area contributed by atoms with Gasteiger partial charge in [0.15, 0.2) is 0 Å². The van der Waals surface area contributed by atoms with Crippen molar-refractivity contribution in [3.8, 4) is 0 Å². The van der Waals surface area contributed by atoms with E-state index in [9.17, 15) is 4.79 Å². The molecule has 0 aliphatic rings. The fourth-order valence-corrected chi connectivity index (χ4v) is 1.91. The second-order valence-electron chi connectivity index (χ2n) is 4.54. The smallest absolute Gasteiger partial charge is 0.323 e. The first-order chi connectivity index (χ1) is 9.38. The third-order valence-electron chi connectivity index (χ3n) is 2.39. The number of hydrogen-bond donors (Lipinski definition) is 1. The van der Waals surface area contributed by atoms with Crippen molar-refractivity contribution in [3.63, 3.8) is 0 Å². The summed E-state index contributed by atoms with van der Waals surface area (Å²) in [4.78, 5) is 15.5. The summed E-state index contributed by atoms with van der Waals surface area (Å²) in [5.74, 6) is -0.485. The molecular weight excluding hydrogens is 303 g/mol. The van der Waals surface area contributed by atoms with Crippen molar-refractivity contribution in [1.29, 1.82) is 0 Å². The van der Waals surface area contributed by atoms with Crippen LogP contribution in [-0.4, -0.2) is 29.7 Å². The molecule has 5 nitrogen and oxygen atoms in total. The molecule has 0 aliphatic carbocycles. The highest BCUT2D eigenvalue weighted by Gasteiger charge is 2.15. The van der Waals surface area contributed by atoms with Crippen LogP contribution < -0.4 is 5.73 Å². The van der Waals surface area contributed by atoms with Gasteiger partial charge in [0, 0.05) is 6.61 Å². The number of rotatable bonds is 7. The minimum atomic E-state index is -0.707. The highest BCUT2D eigenvalue weighted by molar-refractivity contribution is 6.32. The molecule has 112 valence electrons. The Balaban J connectivity index is 2.38. The number of pyridine rings is 1. The lowest BCUT2D eigenvalue weighted by Gasteiger charge is -2.13. The van der Waals surface area contributed by atoms with Gasteiger partial charge in [-0.2, -0.15) is 0 Å². The second-order valence-corrected chi connectivity index (χ2v) is 5.32. The van der Waals surface area contributed by atoms with Gasteiger partial charge in [0.25, 0.3) is 0 Å². The third kappa shape index (κ3) is 6.52. The Hall–Kier alpha value is -0.880. The molecule has 0 unspecified atom stereocenters. The number of aromatic nitrogens is 1. The fourth-order valence-electron chi connectivity index (χ4n) is 1.41. The number of ether oxygens (including phenoxy) is 2. The lowest BCUT2D eigenvalue weighted by atomic mass is 10.2. The van der Waals surface area contributed by atoms with E-state index in [0.717, 1.165) is 0 Å². The zero-order valence-corrected chi connectivity index (χ0v) is 12.9. The average molecular weight is 321 g/mol. The Morgan fingerprint density at radius 3 is 2.50 bits per heavy atom. The Kier molecular flexibility index (Phi) is 7.23. The van der Waals surface area contributed by atoms with Crippen molar-refractivity contribution in [3.05, 3.63) is 28.0 Å². The molecule has 0 bridgehead atoms. The summed E-state index contributed by atoms with van der Waals surface area (Å²) in [5.41, 5.74) is 6.37. The molecule has 1 rings (SSSR count). The highest BCUT2D eigenvalue weighted by atomic mass is 35.5. The Bertz CT molecular complexity index is 435. The van der Waals surface area contributed by atoms with Crippen LogP contribution in [0.15, 0.2) is 12.1 Å². The van der Waals surface area contributed by atoms with Gasteiger partial charge in [-0.1, -0.05) is 23.2 Å². The number of nitrogens with zero attached hydrogens (tertiary/aromatic N) is 1. The predicted octanol–water partition coefficient (Wildman–Crippen LogP) is 2.57. The van der Waals surface area contributed by atoms with Crippen LogP contribution >= 0.6 is 23.2 Å². The summed E-state index contributed by atoms with van der Waals surface area (Å²) in [6.45, 7) is 4.31. The first kappa shape index (κ1) is 17.2. The number of esters is 1. The molecule has 1 atom stereocenters. The van der Waals surface area contributed by atoms with Crippen LogP contribution in [0.3, 0.4) is 0 Å². The van der Waals surface area contributed by atoms with E-state index < -0.39 is 12.0 Å². The maximum absolute atomic E-state index is 11.7. The number of carbonyl (C=O) groups excluding carboxylic acids is 1. The van der Waals surface area contributed by atoms with Gasteiger partial charge >= 0.3 is 5.97 Å². The van der Waals surface area contributed by atoms with E-state index in [1.54, 1.807) is 12.1 Å². The molecule has 0 aromatic carbocycles. The fraction of sp³-hybridized carbons (Fsp3) is 0.538. The van der Waals surface area contributed by atoms with E-state index in [1.165, 1.54) is 0 Å². The van der Waals surface area contributed by atoms with E-state index in [1.807, 2.05) is 13.8 Å². The van der Waals surface area contributed by atoms with Crippen LogP contribution in [0.25, 0.3) is 0 Å². The average Bonchev–Trinajstić information content (AvgIpc) is 2.34. The van der Waals surface area contributed by atoms with Crippen LogP contribution in [0.1, 0.15) is 25.8 Å². The number of nitrogens with two attached hydrogens (primary N) is 1. The summed E-state index contributed by atoms with van der Waals surface area (Å²) >= 11 is 11.5. The van der Waals surface area contributed by atoms with E-state index in [-0.39, 0.29) is 23.0 Å². The molecule has 0 saturated heterocycles. The lowest BCUT2D eigenvalue weighted by molar-refractivity contribution is -0.147. The summed E-state index contributed by atoms with van der Waals surface area (Å²) in [6.07, 6.45) is 0.522. The van der Waals surface area contributed by atoms with Gasteiger partial charge in [-0.15, -0.1) is 0 Å². The molecule has 0 aliphatic heterocycles. The molecule has 2 N–H and O–H groups in total. The summed E-state index contributed by atoms with van der Waals surface area (Å²) in [7, 11) is 0. The van der Waals surface area contributed by atoms with Gasteiger partial charge in [-0.25, -0.2) is 4.98 Å². The number of halogens is 2. The summed E-state index contributed by atoms with van der Waals surface area (Å²) < 4.78 is 10.4. The topological polar surface area (TPSA) is 74.4 Å². The van der Waals surface area contributed by atoms with Crippen LogP contribution in [0.2, 0.25) is 10.3 Å². The maximum atomic E-state index is 11.7. The Labute approximate surface area is 128 Å². The molecule has 0 spiro atoms. The maximum Gasteiger partial charge on any atom is 0.323 e. The molecule has 0 amide bonds. The second kappa shape index (κ2) is 8.42. The van der Waals surface area contributed by atoms with Crippen molar-refractivity contribution in [2.75, 3.05) is 6.61 Å². The molecule has 0 saturated carbocycles. The monoisotopic (exact) mass is 320 g/mol. The van der Waals surface area contributed by atoms with Gasteiger partial charge in [-0.3, -0.25) is 4.79 Å². The van der Waals surface area contributed by atoms with Crippen molar-refractivity contribution in [1.82, 2.24) is 4.98 Å². The van der Waals surface area contributed by atoms with Crippen molar-refractivity contribution >= 4 is 29.2 Å².